The molecule has 2 aliphatic rings. The molecule has 0 atom stereocenters. The lowest BCUT2D eigenvalue weighted by Crippen LogP contribution is -2.28. The van der Waals surface area contributed by atoms with Gasteiger partial charge in [-0.1, -0.05) is 75.4 Å². The highest BCUT2D eigenvalue weighted by Gasteiger charge is 2.45. The van der Waals surface area contributed by atoms with Crippen LogP contribution in [0.5, 0.6) is 0 Å². The number of thiophene rings is 1. The molecule has 1 heterocycles. The van der Waals surface area contributed by atoms with Crippen LogP contribution in [0.15, 0.2) is 53.0 Å². The Hall–Kier alpha value is -1.16. The molecule has 0 unspecified atom stereocenters. The third-order valence-corrected chi connectivity index (χ3v) is 9.18. The molecule has 0 radical (unpaired) electrons. The summed E-state index contributed by atoms with van der Waals surface area (Å²) < 4.78 is 4.12. The molecule has 0 aliphatic heterocycles. The van der Waals surface area contributed by atoms with Gasteiger partial charge in [0, 0.05) is 35.4 Å². The van der Waals surface area contributed by atoms with E-state index in [1.165, 1.54) is 73.4 Å². The highest BCUT2D eigenvalue weighted by Crippen LogP contribution is 2.59. The van der Waals surface area contributed by atoms with Crippen molar-refractivity contribution in [2.75, 3.05) is 0 Å². The summed E-state index contributed by atoms with van der Waals surface area (Å²) in [6, 6.07) is 18.7. The van der Waals surface area contributed by atoms with E-state index in [0.29, 0.717) is 0 Å². The summed E-state index contributed by atoms with van der Waals surface area (Å²) in [4.78, 5) is 0. The zero-order valence-corrected chi connectivity index (χ0v) is 19.5. The standard InChI is InChI=1S/C25H20Br2S/c26-14-15-4-9-22-20(12-15)18-7-6-17-19-13-16(27)5-8-21(19)25(10-2-1-3-11-25)23(17)24(18)28-22/h4-9,12-13H,1-3,10-11,14H2. The van der Waals surface area contributed by atoms with Gasteiger partial charge in [0.15, 0.2) is 0 Å². The van der Waals surface area contributed by atoms with Crippen molar-refractivity contribution >= 4 is 63.4 Å². The molecular weight excluding hydrogens is 492 g/mol. The first-order valence-electron chi connectivity index (χ1n) is 10.1. The van der Waals surface area contributed by atoms with Crippen molar-refractivity contribution in [3.63, 3.8) is 0 Å². The summed E-state index contributed by atoms with van der Waals surface area (Å²) in [5.41, 5.74) is 7.68. The fraction of sp³-hybridized carbons (Fsp3) is 0.280. The molecule has 0 bridgehead atoms. The molecular formula is C25H20Br2S. The summed E-state index contributed by atoms with van der Waals surface area (Å²) >= 11 is 9.35. The van der Waals surface area contributed by atoms with E-state index in [9.17, 15) is 0 Å². The topological polar surface area (TPSA) is 0 Å². The first-order chi connectivity index (χ1) is 13.7. The van der Waals surface area contributed by atoms with E-state index >= 15 is 0 Å². The van der Waals surface area contributed by atoms with Crippen molar-refractivity contribution in [1.29, 1.82) is 0 Å². The van der Waals surface area contributed by atoms with Crippen molar-refractivity contribution in [3.05, 3.63) is 69.7 Å². The molecule has 0 amide bonds. The summed E-state index contributed by atoms with van der Waals surface area (Å²) in [5, 5.41) is 3.77. The number of benzene rings is 3. The number of hydrogen-bond donors (Lipinski definition) is 0. The Morgan fingerprint density at radius 2 is 1.71 bits per heavy atom. The van der Waals surface area contributed by atoms with Crippen LogP contribution >= 0.6 is 43.2 Å². The second-order valence-electron chi connectivity index (χ2n) is 8.26. The van der Waals surface area contributed by atoms with E-state index in [1.807, 2.05) is 11.3 Å². The number of fused-ring (bicyclic) bond motifs is 9. The number of halogens is 2. The minimum Gasteiger partial charge on any atom is -0.135 e. The van der Waals surface area contributed by atoms with Crippen molar-refractivity contribution in [2.24, 2.45) is 0 Å². The van der Waals surface area contributed by atoms with Gasteiger partial charge in [0.2, 0.25) is 0 Å². The molecule has 0 saturated heterocycles. The lowest BCUT2D eigenvalue weighted by molar-refractivity contribution is 0.355. The van der Waals surface area contributed by atoms with E-state index < -0.39 is 0 Å². The predicted octanol–water partition coefficient (Wildman–Crippen LogP) is 8.94. The highest BCUT2D eigenvalue weighted by molar-refractivity contribution is 9.10. The van der Waals surface area contributed by atoms with Gasteiger partial charge in [-0.3, -0.25) is 0 Å². The Balaban J connectivity index is 1.73. The Kier molecular flexibility index (Phi) is 4.05. The largest absolute Gasteiger partial charge is 0.135 e. The van der Waals surface area contributed by atoms with Gasteiger partial charge < -0.3 is 0 Å². The Labute approximate surface area is 186 Å². The Morgan fingerprint density at radius 3 is 2.54 bits per heavy atom. The molecule has 1 spiro atoms. The van der Waals surface area contributed by atoms with Gasteiger partial charge >= 0.3 is 0 Å². The normalized spacial score (nSPS) is 17.4. The molecule has 1 aromatic heterocycles. The SMILES string of the molecule is BrCc1ccc2sc3c4c(ccc3c2c1)-c1cc(Br)ccc1C41CCCCC1. The van der Waals surface area contributed by atoms with Crippen molar-refractivity contribution in [2.45, 2.75) is 42.8 Å². The van der Waals surface area contributed by atoms with Crippen molar-refractivity contribution in [3.8, 4) is 11.1 Å². The number of alkyl halides is 1. The third-order valence-electron chi connectivity index (χ3n) is 6.83. The Morgan fingerprint density at radius 1 is 0.857 bits per heavy atom. The average molecular weight is 512 g/mol. The van der Waals surface area contributed by atoms with Gasteiger partial charge in [-0.25, -0.2) is 0 Å². The Bertz CT molecular complexity index is 1240. The van der Waals surface area contributed by atoms with Crippen LogP contribution < -0.4 is 0 Å². The van der Waals surface area contributed by atoms with E-state index in [1.54, 1.807) is 11.1 Å². The lowest BCUT2D eigenvalue weighted by Gasteiger charge is -2.36. The maximum absolute atomic E-state index is 3.72. The molecule has 1 fully saturated rings. The van der Waals surface area contributed by atoms with E-state index in [0.717, 1.165) is 5.33 Å². The zero-order chi connectivity index (χ0) is 18.9. The van der Waals surface area contributed by atoms with E-state index in [4.69, 9.17) is 0 Å². The second kappa shape index (κ2) is 6.42. The van der Waals surface area contributed by atoms with Crippen molar-refractivity contribution in [1.82, 2.24) is 0 Å². The molecule has 0 nitrogen and oxygen atoms in total. The molecule has 140 valence electrons. The first kappa shape index (κ1) is 17.7. The van der Waals surface area contributed by atoms with Crippen LogP contribution in [0, 0.1) is 0 Å². The predicted molar refractivity (Wildman–Crippen MR) is 129 cm³/mol. The van der Waals surface area contributed by atoms with Gasteiger partial charge in [-0.05, 0) is 64.9 Å². The molecule has 4 aromatic rings. The average Bonchev–Trinajstić information content (AvgIpc) is 3.22. The fourth-order valence-corrected chi connectivity index (χ4v) is 7.68. The summed E-state index contributed by atoms with van der Waals surface area (Å²) in [6.45, 7) is 0. The molecule has 28 heavy (non-hydrogen) atoms. The highest BCUT2D eigenvalue weighted by atomic mass is 79.9. The van der Waals surface area contributed by atoms with E-state index in [-0.39, 0.29) is 5.41 Å². The van der Waals surface area contributed by atoms with E-state index in [2.05, 4.69) is 80.4 Å². The lowest BCUT2D eigenvalue weighted by atomic mass is 9.67. The van der Waals surface area contributed by atoms with Crippen molar-refractivity contribution < 1.29 is 0 Å². The number of hydrogen-bond acceptors (Lipinski definition) is 1. The minimum absolute atomic E-state index is 0.211. The van der Waals surface area contributed by atoms with Gasteiger partial charge in [0.1, 0.15) is 0 Å². The molecule has 3 aromatic carbocycles. The second-order valence-corrected chi connectivity index (χ2v) is 10.8. The summed E-state index contributed by atoms with van der Waals surface area (Å²) in [6.07, 6.45) is 6.62. The van der Waals surface area contributed by atoms with Gasteiger partial charge in [0.05, 0.1) is 0 Å². The van der Waals surface area contributed by atoms with Gasteiger partial charge in [-0.15, -0.1) is 11.3 Å². The molecule has 1 saturated carbocycles. The third kappa shape index (κ3) is 2.33. The van der Waals surface area contributed by atoms with Crippen LogP contribution in [0.3, 0.4) is 0 Å². The first-order valence-corrected chi connectivity index (χ1v) is 12.8. The molecule has 6 rings (SSSR count). The van der Waals surface area contributed by atoms with Crippen LogP contribution in [0.2, 0.25) is 0 Å². The van der Waals surface area contributed by atoms with Crippen LogP contribution in [-0.2, 0) is 10.7 Å². The molecule has 0 N–H and O–H groups in total. The maximum Gasteiger partial charge on any atom is 0.0402 e. The molecule has 2 aliphatic carbocycles. The van der Waals surface area contributed by atoms with Crippen LogP contribution in [0.1, 0.15) is 48.8 Å². The van der Waals surface area contributed by atoms with Crippen LogP contribution in [0.25, 0.3) is 31.3 Å². The van der Waals surface area contributed by atoms with Gasteiger partial charge in [0.25, 0.3) is 0 Å². The maximum atomic E-state index is 3.72. The van der Waals surface area contributed by atoms with Crippen LogP contribution in [0.4, 0.5) is 0 Å². The fourth-order valence-electron chi connectivity index (χ4n) is 5.64. The monoisotopic (exact) mass is 510 g/mol. The molecule has 3 heteroatoms. The summed E-state index contributed by atoms with van der Waals surface area (Å²) in [5.74, 6) is 0. The number of rotatable bonds is 1. The quantitative estimate of drug-likeness (QED) is 0.224. The summed E-state index contributed by atoms with van der Waals surface area (Å²) in [7, 11) is 0. The van der Waals surface area contributed by atoms with Crippen LogP contribution in [-0.4, -0.2) is 0 Å². The zero-order valence-electron chi connectivity index (χ0n) is 15.5. The van der Waals surface area contributed by atoms with Gasteiger partial charge in [-0.2, -0.15) is 0 Å². The smallest absolute Gasteiger partial charge is 0.0402 e. The minimum atomic E-state index is 0.211.